The van der Waals surface area contributed by atoms with E-state index in [1.54, 1.807) is 0 Å². The Morgan fingerprint density at radius 3 is 3.11 bits per heavy atom. The van der Waals surface area contributed by atoms with Crippen molar-refractivity contribution in [3.63, 3.8) is 0 Å². The molecule has 1 unspecified atom stereocenters. The van der Waals surface area contributed by atoms with Crippen molar-refractivity contribution in [3.05, 3.63) is 48.2 Å². The second-order valence-corrected chi connectivity index (χ2v) is 5.18. The maximum atomic E-state index is 3.58. The number of nitrogens with one attached hydrogen (secondary N) is 2. The van der Waals surface area contributed by atoms with Gasteiger partial charge in [-0.3, -0.25) is 0 Å². The molecule has 1 atom stereocenters. The van der Waals surface area contributed by atoms with Crippen LogP contribution in [0.1, 0.15) is 24.8 Å². The molecule has 2 heteroatoms. The van der Waals surface area contributed by atoms with E-state index >= 15 is 0 Å². The molecule has 0 bridgehead atoms. The Morgan fingerprint density at radius 2 is 2.22 bits per heavy atom. The molecule has 1 aliphatic carbocycles. The number of aromatic nitrogens is 1. The molecule has 0 radical (unpaired) electrons. The molecular weight excluding hydrogens is 220 g/mol. The van der Waals surface area contributed by atoms with E-state index in [2.05, 4.69) is 46.7 Å². The molecule has 94 valence electrons. The highest BCUT2D eigenvalue weighted by Gasteiger charge is 2.08. The van der Waals surface area contributed by atoms with Crippen LogP contribution in [0, 0.1) is 5.92 Å². The topological polar surface area (TPSA) is 27.8 Å². The Kier molecular flexibility index (Phi) is 3.47. The lowest BCUT2D eigenvalue weighted by Crippen LogP contribution is -2.23. The largest absolute Gasteiger partial charge is 0.361 e. The summed E-state index contributed by atoms with van der Waals surface area (Å²) < 4.78 is 0. The van der Waals surface area contributed by atoms with Crippen molar-refractivity contribution in [2.24, 2.45) is 5.92 Å². The molecule has 2 aromatic rings. The summed E-state index contributed by atoms with van der Waals surface area (Å²) in [5, 5.41) is 4.89. The molecule has 0 fully saturated rings. The second kappa shape index (κ2) is 5.40. The zero-order valence-corrected chi connectivity index (χ0v) is 10.7. The monoisotopic (exact) mass is 240 g/mol. The van der Waals surface area contributed by atoms with Gasteiger partial charge in [-0.15, -0.1) is 0 Å². The minimum Gasteiger partial charge on any atom is -0.361 e. The highest BCUT2D eigenvalue weighted by atomic mass is 14.9. The number of fused-ring (bicyclic) bond motifs is 1. The first-order valence-electron chi connectivity index (χ1n) is 6.83. The SMILES string of the molecule is C1=CCC(CNCc2ccc3[nH]ccc3c2)CC1. The van der Waals surface area contributed by atoms with Crippen molar-refractivity contribution >= 4 is 10.9 Å². The summed E-state index contributed by atoms with van der Waals surface area (Å²) in [4.78, 5) is 3.23. The van der Waals surface area contributed by atoms with Crippen LogP contribution in [-0.4, -0.2) is 11.5 Å². The smallest absolute Gasteiger partial charge is 0.0454 e. The normalized spacial score (nSPS) is 19.4. The molecular formula is C16H20N2. The van der Waals surface area contributed by atoms with Gasteiger partial charge in [0, 0.05) is 18.3 Å². The van der Waals surface area contributed by atoms with Crippen molar-refractivity contribution in [2.75, 3.05) is 6.54 Å². The first kappa shape index (κ1) is 11.5. The molecule has 1 aromatic carbocycles. The third-order valence-electron chi connectivity index (χ3n) is 3.76. The molecule has 0 saturated carbocycles. The minimum atomic E-state index is 0.825. The molecule has 0 saturated heterocycles. The summed E-state index contributed by atoms with van der Waals surface area (Å²) in [6.07, 6.45) is 10.4. The summed E-state index contributed by atoms with van der Waals surface area (Å²) in [6.45, 7) is 2.11. The number of rotatable bonds is 4. The van der Waals surface area contributed by atoms with E-state index in [4.69, 9.17) is 0 Å². The van der Waals surface area contributed by atoms with Gasteiger partial charge in [-0.25, -0.2) is 0 Å². The number of H-pyrrole nitrogens is 1. The van der Waals surface area contributed by atoms with Gasteiger partial charge in [-0.2, -0.15) is 0 Å². The van der Waals surface area contributed by atoms with Crippen molar-refractivity contribution in [1.82, 2.24) is 10.3 Å². The first-order valence-corrected chi connectivity index (χ1v) is 6.83. The molecule has 18 heavy (non-hydrogen) atoms. The van der Waals surface area contributed by atoms with E-state index < -0.39 is 0 Å². The van der Waals surface area contributed by atoms with Crippen LogP contribution in [0.4, 0.5) is 0 Å². The van der Waals surface area contributed by atoms with E-state index in [0.717, 1.165) is 19.0 Å². The molecule has 1 aromatic heterocycles. The van der Waals surface area contributed by atoms with Gasteiger partial charge < -0.3 is 10.3 Å². The fraction of sp³-hybridized carbons (Fsp3) is 0.375. The van der Waals surface area contributed by atoms with Crippen LogP contribution >= 0.6 is 0 Å². The third kappa shape index (κ3) is 2.65. The minimum absolute atomic E-state index is 0.825. The molecule has 0 spiro atoms. The van der Waals surface area contributed by atoms with Crippen LogP contribution in [0.2, 0.25) is 0 Å². The van der Waals surface area contributed by atoms with E-state index in [0.29, 0.717) is 0 Å². The third-order valence-corrected chi connectivity index (χ3v) is 3.76. The lowest BCUT2D eigenvalue weighted by atomic mass is 9.94. The lowest BCUT2D eigenvalue weighted by molar-refractivity contribution is 0.440. The van der Waals surface area contributed by atoms with E-state index in [9.17, 15) is 0 Å². The fourth-order valence-corrected chi connectivity index (χ4v) is 2.68. The molecule has 0 amide bonds. The average molecular weight is 240 g/mol. The van der Waals surface area contributed by atoms with Crippen LogP contribution in [0.15, 0.2) is 42.6 Å². The second-order valence-electron chi connectivity index (χ2n) is 5.18. The predicted octanol–water partition coefficient (Wildman–Crippen LogP) is 3.61. The average Bonchev–Trinajstić information content (AvgIpc) is 2.87. The number of benzene rings is 1. The number of hydrogen-bond acceptors (Lipinski definition) is 1. The van der Waals surface area contributed by atoms with Gasteiger partial charge in [0.1, 0.15) is 0 Å². The molecule has 1 aliphatic rings. The number of aromatic amines is 1. The summed E-state index contributed by atoms with van der Waals surface area (Å²) in [5.74, 6) is 0.825. The molecule has 1 heterocycles. The summed E-state index contributed by atoms with van der Waals surface area (Å²) in [7, 11) is 0. The van der Waals surface area contributed by atoms with E-state index in [1.807, 2.05) is 6.20 Å². The van der Waals surface area contributed by atoms with Gasteiger partial charge in [-0.1, -0.05) is 18.2 Å². The van der Waals surface area contributed by atoms with Gasteiger partial charge in [0.15, 0.2) is 0 Å². The van der Waals surface area contributed by atoms with Crippen LogP contribution < -0.4 is 5.32 Å². The Labute approximate surface area is 108 Å². The summed E-state index contributed by atoms with van der Waals surface area (Å²) in [5.41, 5.74) is 2.59. The summed E-state index contributed by atoms with van der Waals surface area (Å²) in [6, 6.07) is 8.76. The van der Waals surface area contributed by atoms with Crippen molar-refractivity contribution in [2.45, 2.75) is 25.8 Å². The first-order chi connectivity index (χ1) is 8.92. The fourth-order valence-electron chi connectivity index (χ4n) is 2.68. The highest BCUT2D eigenvalue weighted by Crippen LogP contribution is 2.17. The Bertz CT molecular complexity index is 539. The van der Waals surface area contributed by atoms with Crippen LogP contribution in [0.25, 0.3) is 10.9 Å². The standard InChI is InChI=1S/C16H20N2/c1-2-4-13(5-3-1)11-17-12-14-6-7-16-15(10-14)8-9-18-16/h1-2,6-10,13,17-18H,3-5,11-12H2. The number of allylic oxidation sites excluding steroid dienone is 2. The van der Waals surface area contributed by atoms with Gasteiger partial charge >= 0.3 is 0 Å². The maximum Gasteiger partial charge on any atom is 0.0454 e. The Balaban J connectivity index is 1.54. The molecule has 0 aliphatic heterocycles. The van der Waals surface area contributed by atoms with E-state index in [-0.39, 0.29) is 0 Å². The van der Waals surface area contributed by atoms with Gasteiger partial charge in [0.2, 0.25) is 0 Å². The maximum absolute atomic E-state index is 3.58. The van der Waals surface area contributed by atoms with Crippen LogP contribution in [0.5, 0.6) is 0 Å². The summed E-state index contributed by atoms with van der Waals surface area (Å²) >= 11 is 0. The van der Waals surface area contributed by atoms with Crippen molar-refractivity contribution in [1.29, 1.82) is 0 Å². The van der Waals surface area contributed by atoms with Gasteiger partial charge in [0.05, 0.1) is 0 Å². The Morgan fingerprint density at radius 1 is 1.22 bits per heavy atom. The molecule has 2 N–H and O–H groups in total. The van der Waals surface area contributed by atoms with Crippen LogP contribution in [0.3, 0.4) is 0 Å². The Hall–Kier alpha value is -1.54. The zero-order valence-electron chi connectivity index (χ0n) is 10.7. The van der Waals surface area contributed by atoms with Gasteiger partial charge in [-0.05, 0) is 60.9 Å². The predicted molar refractivity (Wildman–Crippen MR) is 76.5 cm³/mol. The zero-order chi connectivity index (χ0) is 12.2. The highest BCUT2D eigenvalue weighted by molar-refractivity contribution is 5.79. The quantitative estimate of drug-likeness (QED) is 0.785. The van der Waals surface area contributed by atoms with Gasteiger partial charge in [0.25, 0.3) is 0 Å². The number of hydrogen-bond donors (Lipinski definition) is 2. The van der Waals surface area contributed by atoms with Crippen molar-refractivity contribution < 1.29 is 0 Å². The van der Waals surface area contributed by atoms with Crippen molar-refractivity contribution in [3.8, 4) is 0 Å². The molecule has 3 rings (SSSR count). The lowest BCUT2D eigenvalue weighted by Gasteiger charge is -2.18. The van der Waals surface area contributed by atoms with Crippen LogP contribution in [-0.2, 0) is 6.54 Å². The van der Waals surface area contributed by atoms with E-state index in [1.165, 1.54) is 35.7 Å². The molecule has 2 nitrogen and oxygen atoms in total.